The van der Waals surface area contributed by atoms with Gasteiger partial charge in [-0.25, -0.2) is 12.8 Å². The molecule has 0 unspecified atom stereocenters. The SMILES string of the molecule is O=S(=O)(c1ccc(CNCc2ccc(F)cc2)cc1)N1CCOCC1. The van der Waals surface area contributed by atoms with Crippen molar-refractivity contribution in [2.75, 3.05) is 26.3 Å². The predicted octanol–water partition coefficient (Wildman–Crippen LogP) is 2.14. The van der Waals surface area contributed by atoms with E-state index in [1.807, 2.05) is 12.1 Å². The summed E-state index contributed by atoms with van der Waals surface area (Å²) in [5.74, 6) is -0.249. The van der Waals surface area contributed by atoms with Crippen LogP contribution in [0.25, 0.3) is 0 Å². The Kier molecular flexibility index (Phi) is 5.80. The fourth-order valence-corrected chi connectivity index (χ4v) is 4.08. The second-order valence-electron chi connectivity index (χ2n) is 5.89. The maximum absolute atomic E-state index is 12.9. The molecule has 0 aromatic heterocycles. The van der Waals surface area contributed by atoms with Crippen LogP contribution < -0.4 is 5.32 Å². The van der Waals surface area contributed by atoms with Gasteiger partial charge in [-0.2, -0.15) is 4.31 Å². The molecular weight excluding hydrogens is 343 g/mol. The third-order valence-electron chi connectivity index (χ3n) is 4.10. The van der Waals surface area contributed by atoms with Crippen LogP contribution in [0.5, 0.6) is 0 Å². The van der Waals surface area contributed by atoms with Gasteiger partial charge in [-0.05, 0) is 35.4 Å². The van der Waals surface area contributed by atoms with E-state index in [2.05, 4.69) is 5.32 Å². The summed E-state index contributed by atoms with van der Waals surface area (Å²) in [6, 6.07) is 13.2. The number of hydrogen-bond acceptors (Lipinski definition) is 4. The van der Waals surface area contributed by atoms with Crippen LogP contribution in [0.4, 0.5) is 4.39 Å². The van der Waals surface area contributed by atoms with E-state index in [9.17, 15) is 12.8 Å². The Labute approximate surface area is 147 Å². The van der Waals surface area contributed by atoms with Crippen molar-refractivity contribution in [1.29, 1.82) is 0 Å². The van der Waals surface area contributed by atoms with E-state index < -0.39 is 10.0 Å². The first kappa shape index (κ1) is 18.0. The van der Waals surface area contributed by atoms with Gasteiger partial charge in [0.15, 0.2) is 0 Å². The minimum absolute atomic E-state index is 0.249. The van der Waals surface area contributed by atoms with Gasteiger partial charge in [-0.15, -0.1) is 0 Å². The summed E-state index contributed by atoms with van der Waals surface area (Å²) in [6.07, 6.45) is 0. The molecule has 25 heavy (non-hydrogen) atoms. The number of halogens is 1. The zero-order valence-electron chi connectivity index (χ0n) is 13.8. The third-order valence-corrected chi connectivity index (χ3v) is 6.02. The molecule has 0 aliphatic carbocycles. The summed E-state index contributed by atoms with van der Waals surface area (Å²) in [6.45, 7) is 2.88. The molecule has 3 rings (SSSR count). The molecule has 0 saturated carbocycles. The summed E-state index contributed by atoms with van der Waals surface area (Å²) in [7, 11) is -3.45. The Morgan fingerprint density at radius 2 is 1.44 bits per heavy atom. The molecule has 1 N–H and O–H groups in total. The monoisotopic (exact) mass is 364 g/mol. The first-order valence-electron chi connectivity index (χ1n) is 8.18. The van der Waals surface area contributed by atoms with Crippen LogP contribution in [0.2, 0.25) is 0 Å². The van der Waals surface area contributed by atoms with E-state index in [1.165, 1.54) is 16.4 Å². The molecule has 0 bridgehead atoms. The maximum atomic E-state index is 12.9. The van der Waals surface area contributed by atoms with Crippen molar-refractivity contribution in [3.05, 3.63) is 65.5 Å². The van der Waals surface area contributed by atoms with Crippen molar-refractivity contribution in [3.63, 3.8) is 0 Å². The smallest absolute Gasteiger partial charge is 0.243 e. The molecule has 1 fully saturated rings. The van der Waals surface area contributed by atoms with E-state index in [-0.39, 0.29) is 5.82 Å². The van der Waals surface area contributed by atoms with Gasteiger partial charge < -0.3 is 10.1 Å². The molecule has 2 aromatic carbocycles. The van der Waals surface area contributed by atoms with Crippen molar-refractivity contribution in [2.45, 2.75) is 18.0 Å². The predicted molar refractivity (Wildman–Crippen MR) is 93.0 cm³/mol. The number of benzene rings is 2. The van der Waals surface area contributed by atoms with Crippen LogP contribution in [0.1, 0.15) is 11.1 Å². The normalized spacial score (nSPS) is 16.0. The molecule has 0 spiro atoms. The van der Waals surface area contributed by atoms with Crippen LogP contribution in [0.3, 0.4) is 0 Å². The standard InChI is InChI=1S/C18H21FN2O3S/c19-17-5-1-15(2-6-17)13-20-14-16-3-7-18(8-4-16)25(22,23)21-9-11-24-12-10-21/h1-8,20H,9-14H2. The number of hydrogen-bond donors (Lipinski definition) is 1. The summed E-state index contributed by atoms with van der Waals surface area (Å²) in [4.78, 5) is 0.302. The summed E-state index contributed by atoms with van der Waals surface area (Å²) in [5.41, 5.74) is 1.98. The lowest BCUT2D eigenvalue weighted by Crippen LogP contribution is -2.40. The molecule has 2 aromatic rings. The highest BCUT2D eigenvalue weighted by Gasteiger charge is 2.25. The van der Waals surface area contributed by atoms with Crippen LogP contribution in [-0.2, 0) is 27.8 Å². The largest absolute Gasteiger partial charge is 0.379 e. The lowest BCUT2D eigenvalue weighted by molar-refractivity contribution is 0.0730. The average Bonchev–Trinajstić information content (AvgIpc) is 2.64. The molecule has 0 radical (unpaired) electrons. The number of sulfonamides is 1. The quantitative estimate of drug-likeness (QED) is 0.853. The molecule has 1 heterocycles. The van der Waals surface area contributed by atoms with Gasteiger partial charge in [-0.3, -0.25) is 0 Å². The number of ether oxygens (including phenoxy) is 1. The molecule has 7 heteroatoms. The highest BCUT2D eigenvalue weighted by atomic mass is 32.2. The molecular formula is C18H21FN2O3S. The van der Waals surface area contributed by atoms with Crippen molar-refractivity contribution in [3.8, 4) is 0 Å². The highest BCUT2D eigenvalue weighted by Crippen LogP contribution is 2.17. The van der Waals surface area contributed by atoms with E-state index in [0.717, 1.165) is 11.1 Å². The topological polar surface area (TPSA) is 58.6 Å². The first-order valence-corrected chi connectivity index (χ1v) is 9.62. The Morgan fingerprint density at radius 3 is 2.00 bits per heavy atom. The fraction of sp³-hybridized carbons (Fsp3) is 0.333. The zero-order valence-corrected chi connectivity index (χ0v) is 14.6. The van der Waals surface area contributed by atoms with Gasteiger partial charge >= 0.3 is 0 Å². The third kappa shape index (κ3) is 4.64. The molecule has 0 amide bonds. The van der Waals surface area contributed by atoms with Crippen molar-refractivity contribution in [1.82, 2.24) is 9.62 Å². The molecule has 1 aliphatic heterocycles. The van der Waals surface area contributed by atoms with Crippen LogP contribution in [-0.4, -0.2) is 39.0 Å². The minimum atomic E-state index is -3.45. The number of morpholine rings is 1. The minimum Gasteiger partial charge on any atom is -0.379 e. The van der Waals surface area contributed by atoms with Crippen molar-refractivity contribution in [2.24, 2.45) is 0 Å². The number of nitrogens with zero attached hydrogens (tertiary/aromatic N) is 1. The van der Waals surface area contributed by atoms with E-state index in [1.54, 1.807) is 24.3 Å². The van der Waals surface area contributed by atoms with Gasteiger partial charge in [-0.1, -0.05) is 24.3 Å². The lowest BCUT2D eigenvalue weighted by Gasteiger charge is -2.26. The van der Waals surface area contributed by atoms with E-state index in [0.29, 0.717) is 44.3 Å². The maximum Gasteiger partial charge on any atom is 0.243 e. The highest BCUT2D eigenvalue weighted by molar-refractivity contribution is 7.89. The Morgan fingerprint density at radius 1 is 0.920 bits per heavy atom. The molecule has 1 aliphatic rings. The zero-order chi connectivity index (χ0) is 17.7. The van der Waals surface area contributed by atoms with Crippen LogP contribution in [0.15, 0.2) is 53.4 Å². The van der Waals surface area contributed by atoms with Crippen molar-refractivity contribution < 1.29 is 17.5 Å². The second-order valence-corrected chi connectivity index (χ2v) is 7.83. The summed E-state index contributed by atoms with van der Waals surface area (Å²) in [5, 5.41) is 3.26. The Balaban J connectivity index is 1.57. The number of nitrogens with one attached hydrogen (secondary N) is 1. The van der Waals surface area contributed by atoms with Gasteiger partial charge in [0.25, 0.3) is 0 Å². The molecule has 5 nitrogen and oxygen atoms in total. The van der Waals surface area contributed by atoms with Gasteiger partial charge in [0, 0.05) is 26.2 Å². The van der Waals surface area contributed by atoms with Gasteiger partial charge in [0.1, 0.15) is 5.82 Å². The molecule has 0 atom stereocenters. The van der Waals surface area contributed by atoms with E-state index in [4.69, 9.17) is 4.74 Å². The summed E-state index contributed by atoms with van der Waals surface area (Å²) < 4.78 is 44.6. The second kappa shape index (κ2) is 8.05. The molecule has 134 valence electrons. The van der Waals surface area contributed by atoms with Gasteiger partial charge in [0.05, 0.1) is 18.1 Å². The van der Waals surface area contributed by atoms with Crippen LogP contribution in [0, 0.1) is 5.82 Å². The summed E-state index contributed by atoms with van der Waals surface area (Å²) >= 11 is 0. The Hall–Kier alpha value is -1.80. The first-order chi connectivity index (χ1) is 12.1. The molecule has 1 saturated heterocycles. The average molecular weight is 364 g/mol. The Bertz CT molecular complexity index is 786. The number of rotatable bonds is 6. The van der Waals surface area contributed by atoms with E-state index >= 15 is 0 Å². The fourth-order valence-electron chi connectivity index (χ4n) is 2.67. The van der Waals surface area contributed by atoms with Crippen molar-refractivity contribution >= 4 is 10.0 Å². The van der Waals surface area contributed by atoms with Crippen LogP contribution >= 0.6 is 0 Å². The van der Waals surface area contributed by atoms with Gasteiger partial charge in [0.2, 0.25) is 10.0 Å². The lowest BCUT2D eigenvalue weighted by atomic mass is 10.2.